The van der Waals surface area contributed by atoms with Crippen molar-refractivity contribution in [3.05, 3.63) is 58.1 Å². The second kappa shape index (κ2) is 12.1. The Balaban J connectivity index is 1.43. The molecule has 0 aliphatic carbocycles. The summed E-state index contributed by atoms with van der Waals surface area (Å²) in [6.45, 7) is 0.166. The van der Waals surface area contributed by atoms with E-state index in [2.05, 4.69) is 16.0 Å². The minimum atomic E-state index is -0.534. The van der Waals surface area contributed by atoms with Crippen molar-refractivity contribution < 1.29 is 24.2 Å². The molecular formula is C23H27Cl2N3O5. The Hall–Kier alpha value is -2.52. The monoisotopic (exact) mass is 495 g/mol. The quantitative estimate of drug-likeness (QED) is 0.444. The molecule has 3 rings (SSSR count). The Morgan fingerprint density at radius 3 is 2.45 bits per heavy atom. The highest BCUT2D eigenvalue weighted by molar-refractivity contribution is 6.35. The number of carbonyl (C=O) groups is 2. The normalized spacial score (nSPS) is 20.1. The van der Waals surface area contributed by atoms with Crippen LogP contribution in [0.1, 0.15) is 29.6 Å². The van der Waals surface area contributed by atoms with Gasteiger partial charge in [-0.1, -0.05) is 23.2 Å². The molecule has 33 heavy (non-hydrogen) atoms. The molecule has 1 heterocycles. The van der Waals surface area contributed by atoms with E-state index in [0.717, 1.165) is 0 Å². The molecule has 3 atom stereocenters. The molecule has 10 heteroatoms. The smallest absolute Gasteiger partial charge is 0.319 e. The maximum atomic E-state index is 12.4. The standard InChI is InChI=1S/C23H27Cl2N3O5/c1-32-18-4-2-17(3-5-18)27-23(31)28-20-7-6-19(33-21(20)13-29)8-9-26-22(30)14-10-15(24)12-16(25)11-14/h2-5,10-12,19-21,29H,6-9,13H2,1H3,(H,26,30)(H2,27,28,31)/t19-,20+,21+/m0/s1. The van der Waals surface area contributed by atoms with Crippen LogP contribution < -0.4 is 20.7 Å². The van der Waals surface area contributed by atoms with Gasteiger partial charge in [0.2, 0.25) is 0 Å². The van der Waals surface area contributed by atoms with Crippen LogP contribution in [0.2, 0.25) is 10.0 Å². The van der Waals surface area contributed by atoms with Crippen molar-refractivity contribution in [2.24, 2.45) is 0 Å². The molecule has 8 nitrogen and oxygen atoms in total. The van der Waals surface area contributed by atoms with Gasteiger partial charge in [0.1, 0.15) is 11.9 Å². The maximum absolute atomic E-state index is 12.4. The van der Waals surface area contributed by atoms with Gasteiger partial charge in [-0.05, 0) is 61.7 Å². The molecule has 1 saturated heterocycles. The number of rotatable bonds is 8. The third-order valence-corrected chi connectivity index (χ3v) is 5.77. The van der Waals surface area contributed by atoms with Gasteiger partial charge in [-0.25, -0.2) is 4.79 Å². The number of aliphatic hydroxyl groups is 1. The Labute approximate surface area is 202 Å². The zero-order chi connectivity index (χ0) is 23.8. The lowest BCUT2D eigenvalue weighted by Crippen LogP contribution is -2.52. The molecular weight excluding hydrogens is 469 g/mol. The van der Waals surface area contributed by atoms with Gasteiger partial charge in [-0.2, -0.15) is 0 Å². The summed E-state index contributed by atoms with van der Waals surface area (Å²) in [6.07, 6.45) is 1.22. The first-order chi connectivity index (χ1) is 15.9. The van der Waals surface area contributed by atoms with Gasteiger partial charge in [0.25, 0.3) is 5.91 Å². The molecule has 0 spiro atoms. The molecule has 4 N–H and O–H groups in total. The molecule has 0 bridgehead atoms. The number of aliphatic hydroxyl groups excluding tert-OH is 1. The molecule has 1 fully saturated rings. The summed E-state index contributed by atoms with van der Waals surface area (Å²) < 4.78 is 11.1. The van der Waals surface area contributed by atoms with Crippen LogP contribution in [0, 0.1) is 0 Å². The van der Waals surface area contributed by atoms with E-state index in [1.54, 1.807) is 49.6 Å². The van der Waals surface area contributed by atoms with Crippen LogP contribution in [0.3, 0.4) is 0 Å². The molecule has 0 saturated carbocycles. The summed E-state index contributed by atoms with van der Waals surface area (Å²) in [5.74, 6) is 0.421. The van der Waals surface area contributed by atoms with Crippen LogP contribution in [0.15, 0.2) is 42.5 Å². The Morgan fingerprint density at radius 1 is 1.12 bits per heavy atom. The lowest BCUT2D eigenvalue weighted by atomic mass is 9.97. The average Bonchev–Trinajstić information content (AvgIpc) is 2.79. The molecule has 178 valence electrons. The van der Waals surface area contributed by atoms with E-state index >= 15 is 0 Å². The summed E-state index contributed by atoms with van der Waals surface area (Å²) in [6, 6.07) is 10.9. The van der Waals surface area contributed by atoms with Gasteiger partial charge in [0.15, 0.2) is 0 Å². The third-order valence-electron chi connectivity index (χ3n) is 5.34. The highest BCUT2D eigenvalue weighted by atomic mass is 35.5. The topological polar surface area (TPSA) is 109 Å². The van der Waals surface area contributed by atoms with E-state index in [4.69, 9.17) is 32.7 Å². The fourth-order valence-electron chi connectivity index (χ4n) is 3.65. The number of anilines is 1. The minimum Gasteiger partial charge on any atom is -0.497 e. The number of ether oxygens (including phenoxy) is 2. The Bertz CT molecular complexity index is 937. The van der Waals surface area contributed by atoms with Gasteiger partial charge in [-0.15, -0.1) is 0 Å². The highest BCUT2D eigenvalue weighted by Gasteiger charge is 2.31. The van der Waals surface area contributed by atoms with E-state index < -0.39 is 6.10 Å². The van der Waals surface area contributed by atoms with Crippen LogP contribution in [-0.2, 0) is 4.74 Å². The zero-order valence-electron chi connectivity index (χ0n) is 18.1. The van der Waals surface area contributed by atoms with Crippen LogP contribution >= 0.6 is 23.2 Å². The number of amides is 3. The number of hydrogen-bond donors (Lipinski definition) is 4. The van der Waals surface area contributed by atoms with E-state index in [0.29, 0.717) is 52.9 Å². The van der Waals surface area contributed by atoms with E-state index in [9.17, 15) is 14.7 Å². The SMILES string of the molecule is COc1ccc(NC(=O)N[C@@H]2CC[C@@H](CCNC(=O)c3cc(Cl)cc(Cl)c3)O[C@@H]2CO)cc1. The first kappa shape index (κ1) is 25.1. The van der Waals surface area contributed by atoms with Gasteiger partial charge in [0, 0.05) is 27.8 Å². The summed E-state index contributed by atoms with van der Waals surface area (Å²) in [7, 11) is 1.57. The Kier molecular flexibility index (Phi) is 9.20. The molecule has 3 amide bonds. The third kappa shape index (κ3) is 7.50. The van der Waals surface area contributed by atoms with Crippen LogP contribution in [0.25, 0.3) is 0 Å². The highest BCUT2D eigenvalue weighted by Crippen LogP contribution is 2.23. The number of methoxy groups -OCH3 is 1. The number of hydrogen-bond acceptors (Lipinski definition) is 5. The summed E-state index contributed by atoms with van der Waals surface area (Å²) in [5.41, 5.74) is 1.01. The van der Waals surface area contributed by atoms with Gasteiger partial charge in [0.05, 0.1) is 25.9 Å². The number of benzene rings is 2. The van der Waals surface area contributed by atoms with Crippen molar-refractivity contribution in [2.75, 3.05) is 25.6 Å². The number of nitrogens with one attached hydrogen (secondary N) is 3. The second-order valence-electron chi connectivity index (χ2n) is 7.69. The largest absolute Gasteiger partial charge is 0.497 e. The van der Waals surface area contributed by atoms with Crippen molar-refractivity contribution >= 4 is 40.8 Å². The summed E-state index contributed by atoms with van der Waals surface area (Å²) in [4.78, 5) is 24.7. The summed E-state index contributed by atoms with van der Waals surface area (Å²) >= 11 is 11.9. The maximum Gasteiger partial charge on any atom is 0.319 e. The Morgan fingerprint density at radius 2 is 1.82 bits per heavy atom. The fourth-order valence-corrected chi connectivity index (χ4v) is 4.18. The van der Waals surface area contributed by atoms with E-state index in [1.165, 1.54) is 0 Å². The first-order valence-electron chi connectivity index (χ1n) is 10.6. The minimum absolute atomic E-state index is 0.145. The molecule has 1 aliphatic heterocycles. The number of urea groups is 1. The second-order valence-corrected chi connectivity index (χ2v) is 8.57. The van der Waals surface area contributed by atoms with Crippen molar-refractivity contribution in [1.82, 2.24) is 10.6 Å². The van der Waals surface area contributed by atoms with Gasteiger partial charge < -0.3 is 30.5 Å². The van der Waals surface area contributed by atoms with Gasteiger partial charge in [-0.3, -0.25) is 4.79 Å². The predicted molar refractivity (Wildman–Crippen MR) is 127 cm³/mol. The summed E-state index contributed by atoms with van der Waals surface area (Å²) in [5, 5.41) is 19.0. The predicted octanol–water partition coefficient (Wildman–Crippen LogP) is 3.85. The van der Waals surface area contributed by atoms with Crippen molar-refractivity contribution in [2.45, 2.75) is 37.5 Å². The molecule has 0 unspecified atom stereocenters. The molecule has 2 aromatic rings. The molecule has 1 aliphatic rings. The van der Waals surface area contributed by atoms with Crippen molar-refractivity contribution in [1.29, 1.82) is 0 Å². The molecule has 0 radical (unpaired) electrons. The molecule has 0 aromatic heterocycles. The van der Waals surface area contributed by atoms with Gasteiger partial charge >= 0.3 is 6.03 Å². The first-order valence-corrected chi connectivity index (χ1v) is 11.4. The van der Waals surface area contributed by atoms with Crippen molar-refractivity contribution in [3.8, 4) is 5.75 Å². The fraction of sp³-hybridized carbons (Fsp3) is 0.391. The van der Waals surface area contributed by atoms with Crippen molar-refractivity contribution in [3.63, 3.8) is 0 Å². The average molecular weight is 496 g/mol. The zero-order valence-corrected chi connectivity index (χ0v) is 19.7. The van der Waals surface area contributed by atoms with E-state index in [1.807, 2.05) is 0 Å². The van der Waals surface area contributed by atoms with Crippen LogP contribution in [-0.4, -0.2) is 55.6 Å². The van der Waals surface area contributed by atoms with E-state index in [-0.39, 0.29) is 30.7 Å². The lowest BCUT2D eigenvalue weighted by Gasteiger charge is -2.36. The number of carbonyl (C=O) groups excluding carboxylic acids is 2. The van der Waals surface area contributed by atoms with Crippen LogP contribution in [0.4, 0.5) is 10.5 Å². The lowest BCUT2D eigenvalue weighted by molar-refractivity contribution is -0.0886. The molecule has 2 aromatic carbocycles. The van der Waals surface area contributed by atoms with Crippen LogP contribution in [0.5, 0.6) is 5.75 Å². The number of halogens is 2.